The van der Waals surface area contributed by atoms with Crippen LogP contribution < -0.4 is 5.32 Å². The zero-order chi connectivity index (χ0) is 13.7. The van der Waals surface area contributed by atoms with E-state index in [-0.39, 0.29) is 18.8 Å². The van der Waals surface area contributed by atoms with Crippen LogP contribution in [-0.4, -0.2) is 22.9 Å². The largest absolute Gasteiger partial charge is 0.393 e. The second-order valence-electron chi connectivity index (χ2n) is 5.72. The second-order valence-corrected chi connectivity index (χ2v) is 5.72. The Bertz CT molecular complexity index is 394. The first kappa shape index (κ1) is 14.5. The highest BCUT2D eigenvalue weighted by molar-refractivity contribution is 5.25. The minimum atomic E-state index is -0.103. The van der Waals surface area contributed by atoms with Crippen molar-refractivity contribution in [2.24, 2.45) is 5.92 Å². The molecule has 19 heavy (non-hydrogen) atoms. The van der Waals surface area contributed by atoms with Crippen LogP contribution in [0, 0.1) is 5.92 Å². The molecule has 1 saturated carbocycles. The highest BCUT2D eigenvalue weighted by Gasteiger charge is 2.20. The predicted molar refractivity (Wildman–Crippen MR) is 76.7 cm³/mol. The summed E-state index contributed by atoms with van der Waals surface area (Å²) in [6.45, 7) is 3.20. The van der Waals surface area contributed by atoms with Gasteiger partial charge < -0.3 is 15.5 Å². The molecular formula is C16H25NO2. The molecule has 0 radical (unpaired) electrons. The Kier molecular flexibility index (Phi) is 5.37. The van der Waals surface area contributed by atoms with Gasteiger partial charge in [0.15, 0.2) is 0 Å². The molecule has 1 fully saturated rings. The van der Waals surface area contributed by atoms with Gasteiger partial charge in [0.05, 0.1) is 12.7 Å². The highest BCUT2D eigenvalue weighted by Crippen LogP contribution is 2.24. The molecule has 0 aromatic heterocycles. The van der Waals surface area contributed by atoms with Crippen molar-refractivity contribution < 1.29 is 10.2 Å². The van der Waals surface area contributed by atoms with Gasteiger partial charge in [-0.1, -0.05) is 30.7 Å². The summed E-state index contributed by atoms with van der Waals surface area (Å²) in [4.78, 5) is 0. The SMILES string of the molecule is CC(NCC1CCCC(O)C1)c1cccc(CO)c1. The lowest BCUT2D eigenvalue weighted by Gasteiger charge is -2.27. The Morgan fingerprint density at radius 3 is 2.95 bits per heavy atom. The second kappa shape index (κ2) is 7.04. The summed E-state index contributed by atoms with van der Waals surface area (Å²) in [6.07, 6.45) is 4.14. The van der Waals surface area contributed by atoms with Crippen LogP contribution in [-0.2, 0) is 6.61 Å². The Labute approximate surface area is 115 Å². The average Bonchev–Trinajstić information content (AvgIpc) is 2.45. The highest BCUT2D eigenvalue weighted by atomic mass is 16.3. The van der Waals surface area contributed by atoms with Crippen molar-refractivity contribution in [1.29, 1.82) is 0 Å². The Morgan fingerprint density at radius 1 is 1.37 bits per heavy atom. The van der Waals surface area contributed by atoms with E-state index in [0.717, 1.165) is 31.4 Å². The maximum atomic E-state index is 9.67. The van der Waals surface area contributed by atoms with Gasteiger partial charge in [0, 0.05) is 6.04 Å². The van der Waals surface area contributed by atoms with Crippen molar-refractivity contribution in [2.75, 3.05) is 6.54 Å². The fourth-order valence-electron chi connectivity index (χ4n) is 2.87. The maximum absolute atomic E-state index is 9.67. The molecule has 0 amide bonds. The summed E-state index contributed by atoms with van der Waals surface area (Å²) in [7, 11) is 0. The van der Waals surface area contributed by atoms with Gasteiger partial charge >= 0.3 is 0 Å². The fourth-order valence-corrected chi connectivity index (χ4v) is 2.87. The van der Waals surface area contributed by atoms with Crippen LogP contribution in [0.15, 0.2) is 24.3 Å². The summed E-state index contributed by atoms with van der Waals surface area (Å²) in [5.74, 6) is 0.590. The Balaban J connectivity index is 1.84. The molecule has 1 aliphatic carbocycles. The standard InChI is InChI=1S/C16H25NO2/c1-12(15-6-2-5-14(8-15)11-18)17-10-13-4-3-7-16(19)9-13/h2,5-6,8,12-13,16-19H,3-4,7,9-11H2,1H3. The third kappa shape index (κ3) is 4.30. The first-order chi connectivity index (χ1) is 9.19. The first-order valence-electron chi connectivity index (χ1n) is 7.30. The van der Waals surface area contributed by atoms with E-state index in [1.54, 1.807) is 0 Å². The number of nitrogens with one attached hydrogen (secondary N) is 1. The molecule has 106 valence electrons. The Hall–Kier alpha value is -0.900. The first-order valence-corrected chi connectivity index (χ1v) is 7.30. The molecule has 0 saturated heterocycles. The van der Waals surface area contributed by atoms with E-state index in [4.69, 9.17) is 5.11 Å². The monoisotopic (exact) mass is 263 g/mol. The van der Waals surface area contributed by atoms with Crippen molar-refractivity contribution in [3.63, 3.8) is 0 Å². The van der Waals surface area contributed by atoms with Crippen LogP contribution >= 0.6 is 0 Å². The summed E-state index contributed by atoms with van der Waals surface area (Å²) in [5, 5.41) is 22.4. The van der Waals surface area contributed by atoms with E-state index < -0.39 is 0 Å². The van der Waals surface area contributed by atoms with Crippen molar-refractivity contribution in [2.45, 2.75) is 51.4 Å². The summed E-state index contributed by atoms with van der Waals surface area (Å²) in [5.41, 5.74) is 2.17. The third-order valence-electron chi connectivity index (χ3n) is 4.10. The minimum Gasteiger partial charge on any atom is -0.393 e. The van der Waals surface area contributed by atoms with Gasteiger partial charge in [0.25, 0.3) is 0 Å². The smallest absolute Gasteiger partial charge is 0.0681 e. The zero-order valence-corrected chi connectivity index (χ0v) is 11.7. The molecule has 3 atom stereocenters. The molecule has 0 spiro atoms. The van der Waals surface area contributed by atoms with Crippen LogP contribution in [0.1, 0.15) is 49.8 Å². The van der Waals surface area contributed by atoms with Gasteiger partial charge in [-0.15, -0.1) is 0 Å². The average molecular weight is 263 g/mol. The van der Waals surface area contributed by atoms with Crippen molar-refractivity contribution in [3.8, 4) is 0 Å². The number of rotatable bonds is 5. The molecule has 3 N–H and O–H groups in total. The molecule has 0 aliphatic heterocycles. The Morgan fingerprint density at radius 2 is 2.21 bits per heavy atom. The zero-order valence-electron chi connectivity index (χ0n) is 11.7. The lowest BCUT2D eigenvalue weighted by molar-refractivity contribution is 0.0998. The molecule has 0 heterocycles. The molecule has 3 unspecified atom stereocenters. The quantitative estimate of drug-likeness (QED) is 0.764. The molecule has 1 aliphatic rings. The molecule has 1 aromatic rings. The van der Waals surface area contributed by atoms with E-state index >= 15 is 0 Å². The van der Waals surface area contributed by atoms with Crippen molar-refractivity contribution in [1.82, 2.24) is 5.32 Å². The lowest BCUT2D eigenvalue weighted by atomic mass is 9.87. The molecule has 0 bridgehead atoms. The number of aliphatic hydroxyl groups excluding tert-OH is 2. The number of hydrogen-bond acceptors (Lipinski definition) is 3. The van der Waals surface area contributed by atoms with Gasteiger partial charge in [0.1, 0.15) is 0 Å². The van der Waals surface area contributed by atoms with Gasteiger partial charge in [0.2, 0.25) is 0 Å². The summed E-state index contributed by atoms with van der Waals surface area (Å²) in [6, 6.07) is 8.35. The van der Waals surface area contributed by atoms with Crippen LogP contribution in [0.25, 0.3) is 0 Å². The van der Waals surface area contributed by atoms with Crippen LogP contribution in [0.4, 0.5) is 0 Å². The normalized spacial score (nSPS) is 25.2. The van der Waals surface area contributed by atoms with E-state index in [0.29, 0.717) is 5.92 Å². The number of aliphatic hydroxyl groups is 2. The molecule has 2 rings (SSSR count). The van der Waals surface area contributed by atoms with Crippen molar-refractivity contribution >= 4 is 0 Å². The number of benzene rings is 1. The van der Waals surface area contributed by atoms with Crippen LogP contribution in [0.2, 0.25) is 0 Å². The van der Waals surface area contributed by atoms with E-state index in [1.807, 2.05) is 18.2 Å². The van der Waals surface area contributed by atoms with Crippen LogP contribution in [0.5, 0.6) is 0 Å². The fraction of sp³-hybridized carbons (Fsp3) is 0.625. The van der Waals surface area contributed by atoms with E-state index in [9.17, 15) is 5.11 Å². The van der Waals surface area contributed by atoms with E-state index in [1.165, 1.54) is 12.0 Å². The van der Waals surface area contributed by atoms with Gasteiger partial charge in [-0.2, -0.15) is 0 Å². The van der Waals surface area contributed by atoms with Crippen molar-refractivity contribution in [3.05, 3.63) is 35.4 Å². The van der Waals surface area contributed by atoms with Gasteiger partial charge in [-0.3, -0.25) is 0 Å². The lowest BCUT2D eigenvalue weighted by Crippen LogP contribution is -2.30. The van der Waals surface area contributed by atoms with Gasteiger partial charge in [-0.25, -0.2) is 0 Å². The molecule has 3 heteroatoms. The molecular weight excluding hydrogens is 238 g/mol. The maximum Gasteiger partial charge on any atom is 0.0681 e. The minimum absolute atomic E-state index is 0.0926. The molecule has 3 nitrogen and oxygen atoms in total. The van der Waals surface area contributed by atoms with E-state index in [2.05, 4.69) is 18.3 Å². The predicted octanol–water partition coefficient (Wildman–Crippen LogP) is 2.38. The van der Waals surface area contributed by atoms with Gasteiger partial charge in [-0.05, 0) is 49.8 Å². The summed E-state index contributed by atoms with van der Waals surface area (Å²) >= 11 is 0. The third-order valence-corrected chi connectivity index (χ3v) is 4.10. The number of hydrogen-bond donors (Lipinski definition) is 3. The molecule has 1 aromatic carbocycles. The topological polar surface area (TPSA) is 52.5 Å². The summed E-state index contributed by atoms with van der Waals surface area (Å²) < 4.78 is 0. The van der Waals surface area contributed by atoms with Crippen LogP contribution in [0.3, 0.4) is 0 Å².